The van der Waals surface area contributed by atoms with Crippen molar-refractivity contribution in [3.63, 3.8) is 0 Å². The van der Waals surface area contributed by atoms with Crippen molar-refractivity contribution in [2.45, 2.75) is 37.6 Å². The summed E-state index contributed by atoms with van der Waals surface area (Å²) < 4.78 is 27.2. The van der Waals surface area contributed by atoms with Gasteiger partial charge in [0, 0.05) is 36.5 Å². The number of nitrogens with zero attached hydrogens (tertiary/aromatic N) is 3. The highest BCUT2D eigenvalue weighted by molar-refractivity contribution is 7.89. The fourth-order valence-electron chi connectivity index (χ4n) is 3.37. The molecule has 29 heavy (non-hydrogen) atoms. The fourth-order valence-corrected chi connectivity index (χ4v) is 6.32. The normalized spacial score (nSPS) is 16.1. The highest BCUT2D eigenvalue weighted by Crippen LogP contribution is 2.30. The molecule has 0 atom stereocenters. The minimum Gasteiger partial charge on any atom is -0.340 e. The number of thiazole rings is 1. The number of carbonyl (C=O) groups is 1. The summed E-state index contributed by atoms with van der Waals surface area (Å²) in [5, 5.41) is 3.49. The van der Waals surface area contributed by atoms with E-state index in [9.17, 15) is 13.2 Å². The van der Waals surface area contributed by atoms with Crippen molar-refractivity contribution >= 4 is 50.5 Å². The summed E-state index contributed by atoms with van der Waals surface area (Å²) in [6.07, 6.45) is 1.82. The van der Waals surface area contributed by atoms with Crippen LogP contribution in [0.15, 0.2) is 28.5 Å². The molecule has 1 amide bonds. The van der Waals surface area contributed by atoms with Crippen molar-refractivity contribution in [1.29, 1.82) is 0 Å². The number of piperidine rings is 1. The monoisotopic (exact) mass is 475 g/mol. The van der Waals surface area contributed by atoms with Crippen LogP contribution < -0.4 is 0 Å². The smallest absolute Gasteiger partial charge is 0.244 e. The number of hydrogen-bond acceptors (Lipinski definition) is 5. The summed E-state index contributed by atoms with van der Waals surface area (Å²) in [6.45, 7) is 3.06. The summed E-state index contributed by atoms with van der Waals surface area (Å²) in [5.41, 5.74) is 0.887. The number of benzene rings is 1. The zero-order valence-corrected chi connectivity index (χ0v) is 19.4. The van der Waals surface area contributed by atoms with Crippen molar-refractivity contribution in [3.05, 3.63) is 44.3 Å². The molecule has 1 aromatic heterocycles. The molecule has 0 unspecified atom stereocenters. The molecule has 1 aliphatic heterocycles. The molecule has 2 aromatic rings. The molecular weight excluding hydrogens is 453 g/mol. The first-order valence-electron chi connectivity index (χ1n) is 9.35. The van der Waals surface area contributed by atoms with Gasteiger partial charge in [0.15, 0.2) is 0 Å². The van der Waals surface area contributed by atoms with Crippen LogP contribution in [0.1, 0.15) is 30.5 Å². The lowest BCUT2D eigenvalue weighted by molar-refractivity contribution is -0.136. The molecule has 1 aromatic carbocycles. The summed E-state index contributed by atoms with van der Waals surface area (Å²) in [7, 11) is -1.98. The second-order valence-corrected chi connectivity index (χ2v) is 10.7. The Balaban J connectivity index is 1.62. The number of hydrogen-bond donors (Lipinski definition) is 0. The largest absolute Gasteiger partial charge is 0.340 e. The van der Waals surface area contributed by atoms with Gasteiger partial charge in [-0.1, -0.05) is 30.1 Å². The Morgan fingerprint density at radius 3 is 2.62 bits per heavy atom. The average Bonchev–Trinajstić information content (AvgIpc) is 3.16. The van der Waals surface area contributed by atoms with Gasteiger partial charge < -0.3 is 4.90 Å². The van der Waals surface area contributed by atoms with Crippen molar-refractivity contribution in [2.24, 2.45) is 5.92 Å². The Labute approximate surface area is 185 Å². The van der Waals surface area contributed by atoms with Crippen LogP contribution >= 0.6 is 34.5 Å². The number of carbonyl (C=O) groups excluding carboxylic acids is 1. The van der Waals surface area contributed by atoms with Gasteiger partial charge >= 0.3 is 0 Å². The van der Waals surface area contributed by atoms with Gasteiger partial charge in [0.25, 0.3) is 0 Å². The summed E-state index contributed by atoms with van der Waals surface area (Å²) in [5.74, 6) is -0.181. The van der Waals surface area contributed by atoms with Gasteiger partial charge in [-0.05, 0) is 37.5 Å². The second-order valence-electron chi connectivity index (χ2n) is 7.03. The number of rotatable bonds is 6. The van der Waals surface area contributed by atoms with Crippen molar-refractivity contribution in [1.82, 2.24) is 14.2 Å². The van der Waals surface area contributed by atoms with E-state index in [1.54, 1.807) is 29.4 Å². The van der Waals surface area contributed by atoms with E-state index in [2.05, 4.69) is 11.9 Å². The topological polar surface area (TPSA) is 70.6 Å². The standard InChI is InChI=1S/C19H23Cl2N3O3S2/c1-3-18-22-15(12-28-18)11-23(2)19(25)13-6-8-24(9-7-13)29(26,27)17-10-14(20)4-5-16(17)21/h4-5,10,12-13H,3,6-9,11H2,1-2H3. The van der Waals surface area contributed by atoms with Crippen molar-refractivity contribution < 1.29 is 13.2 Å². The van der Waals surface area contributed by atoms with Crippen LogP contribution in [-0.4, -0.2) is 48.7 Å². The summed E-state index contributed by atoms with van der Waals surface area (Å²) in [4.78, 5) is 19.0. The number of aryl methyl sites for hydroxylation is 1. The molecule has 0 saturated carbocycles. The van der Waals surface area contributed by atoms with E-state index >= 15 is 0 Å². The van der Waals surface area contributed by atoms with Gasteiger partial charge in [-0.15, -0.1) is 11.3 Å². The summed E-state index contributed by atoms with van der Waals surface area (Å²) >= 11 is 13.6. The zero-order chi connectivity index (χ0) is 21.2. The first-order chi connectivity index (χ1) is 13.7. The SMILES string of the molecule is CCc1nc(CN(C)C(=O)C2CCN(S(=O)(=O)c3cc(Cl)ccc3Cl)CC2)cs1. The van der Waals surface area contributed by atoms with Crippen LogP contribution in [0.4, 0.5) is 0 Å². The van der Waals surface area contributed by atoms with E-state index in [1.807, 2.05) is 5.38 Å². The highest BCUT2D eigenvalue weighted by atomic mass is 35.5. The van der Waals surface area contributed by atoms with Crippen LogP contribution in [0.5, 0.6) is 0 Å². The van der Waals surface area contributed by atoms with Crippen molar-refractivity contribution in [3.8, 4) is 0 Å². The fraction of sp³-hybridized carbons (Fsp3) is 0.474. The predicted molar refractivity (Wildman–Crippen MR) is 116 cm³/mol. The molecule has 0 N–H and O–H groups in total. The van der Waals surface area contributed by atoms with Crippen LogP contribution in [0.2, 0.25) is 10.0 Å². The van der Waals surface area contributed by atoms with E-state index in [0.29, 0.717) is 24.4 Å². The lowest BCUT2D eigenvalue weighted by atomic mass is 9.96. The van der Waals surface area contributed by atoms with E-state index in [4.69, 9.17) is 23.2 Å². The van der Waals surface area contributed by atoms with Gasteiger partial charge in [0.05, 0.1) is 22.3 Å². The van der Waals surface area contributed by atoms with E-state index in [-0.39, 0.29) is 34.8 Å². The lowest BCUT2D eigenvalue weighted by Crippen LogP contribution is -2.43. The molecule has 1 saturated heterocycles. The lowest BCUT2D eigenvalue weighted by Gasteiger charge is -2.32. The van der Waals surface area contributed by atoms with E-state index in [0.717, 1.165) is 17.1 Å². The Bertz CT molecular complexity index is 986. The maximum absolute atomic E-state index is 12.9. The first kappa shape index (κ1) is 22.5. The number of halogens is 2. The van der Waals surface area contributed by atoms with Crippen LogP contribution in [-0.2, 0) is 27.8 Å². The predicted octanol–water partition coefficient (Wildman–Crippen LogP) is 4.07. The number of amides is 1. The molecule has 6 nitrogen and oxygen atoms in total. The zero-order valence-electron chi connectivity index (χ0n) is 16.3. The molecule has 10 heteroatoms. The third-order valence-electron chi connectivity index (χ3n) is 4.99. The Morgan fingerprint density at radius 1 is 1.31 bits per heavy atom. The molecule has 2 heterocycles. The Hall–Kier alpha value is -1.19. The molecule has 0 radical (unpaired) electrons. The quantitative estimate of drug-likeness (QED) is 0.630. The molecular formula is C19H23Cl2N3O3S2. The molecule has 0 aliphatic carbocycles. The van der Waals surface area contributed by atoms with Gasteiger partial charge in [-0.3, -0.25) is 4.79 Å². The van der Waals surface area contributed by atoms with Gasteiger partial charge in [0.1, 0.15) is 4.90 Å². The van der Waals surface area contributed by atoms with Crippen molar-refractivity contribution in [2.75, 3.05) is 20.1 Å². The minimum atomic E-state index is -3.75. The summed E-state index contributed by atoms with van der Waals surface area (Å²) in [6, 6.07) is 4.39. The second kappa shape index (κ2) is 9.31. The van der Waals surface area contributed by atoms with Crippen LogP contribution in [0.25, 0.3) is 0 Å². The highest BCUT2D eigenvalue weighted by Gasteiger charge is 2.34. The molecule has 3 rings (SSSR count). The van der Waals surface area contributed by atoms with E-state index < -0.39 is 10.0 Å². The molecule has 158 valence electrons. The maximum atomic E-state index is 12.9. The maximum Gasteiger partial charge on any atom is 0.244 e. The third kappa shape index (κ3) is 5.11. The number of sulfonamides is 1. The molecule has 1 fully saturated rings. The molecule has 1 aliphatic rings. The van der Waals surface area contributed by atoms with Gasteiger partial charge in [0.2, 0.25) is 15.9 Å². The molecule has 0 spiro atoms. The minimum absolute atomic E-state index is 0.00354. The average molecular weight is 476 g/mol. The van der Waals surface area contributed by atoms with Crippen LogP contribution in [0.3, 0.4) is 0 Å². The van der Waals surface area contributed by atoms with Gasteiger partial charge in [-0.2, -0.15) is 4.31 Å². The first-order valence-corrected chi connectivity index (χ1v) is 12.4. The molecule has 0 bridgehead atoms. The van der Waals surface area contributed by atoms with Gasteiger partial charge in [-0.25, -0.2) is 13.4 Å². The third-order valence-corrected chi connectivity index (χ3v) is 8.65. The number of aromatic nitrogens is 1. The Kier molecular flexibility index (Phi) is 7.22. The van der Waals surface area contributed by atoms with Crippen LogP contribution in [0, 0.1) is 5.92 Å². The Morgan fingerprint density at radius 2 is 2.00 bits per heavy atom. The van der Waals surface area contributed by atoms with E-state index in [1.165, 1.54) is 16.4 Å².